The molecule has 0 aromatic heterocycles. The number of Topliss-reactive ketones (excluding diaryl/α,β-unsaturated/α-hetero) is 1. The third kappa shape index (κ3) is 2.30. The predicted octanol–water partition coefficient (Wildman–Crippen LogP) is 2.27. The van der Waals surface area contributed by atoms with Crippen LogP contribution in [0.1, 0.15) is 59.8 Å². The number of ketones is 2. The Morgan fingerprint density at radius 2 is 1.93 bits per heavy atom. The van der Waals surface area contributed by atoms with Crippen LogP contribution in [-0.4, -0.2) is 45.2 Å². The fraction of sp³-hybridized carbons (Fsp3) is 0.826. The van der Waals surface area contributed by atoms with E-state index in [-0.39, 0.29) is 40.8 Å². The van der Waals surface area contributed by atoms with Crippen molar-refractivity contribution < 1.29 is 24.9 Å². The zero-order valence-corrected chi connectivity index (χ0v) is 17.4. The van der Waals surface area contributed by atoms with Gasteiger partial charge in [0.25, 0.3) is 0 Å². The molecule has 0 aliphatic heterocycles. The Bertz CT molecular complexity index is 743. The van der Waals surface area contributed by atoms with Crippen LogP contribution >= 0.6 is 0 Å². The summed E-state index contributed by atoms with van der Waals surface area (Å²) in [6, 6.07) is 0. The molecule has 0 bridgehead atoms. The van der Waals surface area contributed by atoms with E-state index in [9.17, 15) is 24.9 Å². The molecule has 3 fully saturated rings. The second-order valence-corrected chi connectivity index (χ2v) is 10.6. The maximum atomic E-state index is 12.6. The summed E-state index contributed by atoms with van der Waals surface area (Å²) in [6.45, 7) is 7.54. The van der Waals surface area contributed by atoms with Crippen LogP contribution in [0.2, 0.25) is 0 Å². The second kappa shape index (κ2) is 6.23. The molecule has 0 amide bonds. The van der Waals surface area contributed by atoms with Crippen molar-refractivity contribution in [3.63, 3.8) is 0 Å². The van der Waals surface area contributed by atoms with Gasteiger partial charge in [0.05, 0.1) is 6.10 Å². The first-order valence-electron chi connectivity index (χ1n) is 10.8. The molecule has 5 nitrogen and oxygen atoms in total. The first-order chi connectivity index (χ1) is 13.0. The van der Waals surface area contributed by atoms with Crippen LogP contribution in [0, 0.1) is 40.4 Å². The Kier molecular flexibility index (Phi) is 4.50. The highest BCUT2D eigenvalue weighted by molar-refractivity contribution is 5.92. The highest BCUT2D eigenvalue weighted by Gasteiger charge is 2.70. The number of hydrogen-bond acceptors (Lipinski definition) is 5. The van der Waals surface area contributed by atoms with Gasteiger partial charge in [0, 0.05) is 11.8 Å². The van der Waals surface area contributed by atoms with Gasteiger partial charge in [-0.2, -0.15) is 0 Å². The molecule has 3 saturated carbocycles. The number of hydrogen-bond donors (Lipinski definition) is 3. The van der Waals surface area contributed by atoms with Gasteiger partial charge in [0.2, 0.25) is 0 Å². The largest absolute Gasteiger partial charge is 0.393 e. The predicted molar refractivity (Wildman–Crippen MR) is 104 cm³/mol. The van der Waals surface area contributed by atoms with Crippen LogP contribution in [0.4, 0.5) is 0 Å². The molecule has 4 rings (SSSR count). The molecule has 0 saturated heterocycles. The van der Waals surface area contributed by atoms with Gasteiger partial charge in [-0.25, -0.2) is 0 Å². The molecule has 0 radical (unpaired) electrons. The smallest absolute Gasteiger partial charge is 0.190 e. The lowest BCUT2D eigenvalue weighted by atomic mass is 9.44. The summed E-state index contributed by atoms with van der Waals surface area (Å²) < 4.78 is 0. The van der Waals surface area contributed by atoms with Gasteiger partial charge in [-0.1, -0.05) is 33.3 Å². The van der Waals surface area contributed by atoms with Crippen LogP contribution in [0.25, 0.3) is 0 Å². The van der Waals surface area contributed by atoms with Gasteiger partial charge < -0.3 is 15.3 Å². The molecule has 9 atom stereocenters. The van der Waals surface area contributed by atoms with Crippen molar-refractivity contribution in [2.45, 2.75) is 71.5 Å². The van der Waals surface area contributed by atoms with E-state index in [0.29, 0.717) is 12.8 Å². The lowest BCUT2D eigenvalue weighted by molar-refractivity contribution is -0.189. The standard InChI is InChI=1S/C23H34O5/c1-12-7-15-17-8-13(2)23(28,19(27)11-24)22(17,4)10-18(26)20(15)21(3)6-5-14(25)9-16(12)21/h9,12-13,15,17-18,20,24,26,28H,5-8,10-11H2,1-4H3/t12-,13?,15?,17?,18?,20+,21-,22-,23-/m0/s1. The van der Waals surface area contributed by atoms with Gasteiger partial charge >= 0.3 is 0 Å². The van der Waals surface area contributed by atoms with E-state index in [1.54, 1.807) is 0 Å². The van der Waals surface area contributed by atoms with E-state index in [4.69, 9.17) is 0 Å². The number of aliphatic hydroxyl groups is 3. The Labute approximate surface area is 167 Å². The van der Waals surface area contributed by atoms with E-state index < -0.39 is 29.5 Å². The minimum atomic E-state index is -1.60. The third-order valence-electron chi connectivity index (χ3n) is 9.36. The van der Waals surface area contributed by atoms with Gasteiger partial charge in [0.1, 0.15) is 12.2 Å². The average Bonchev–Trinajstić information content (AvgIpc) is 2.83. The molecular formula is C23H34O5. The summed E-state index contributed by atoms with van der Waals surface area (Å²) in [5, 5.41) is 32.4. The second-order valence-electron chi connectivity index (χ2n) is 10.6. The van der Waals surface area contributed by atoms with E-state index in [1.165, 1.54) is 5.57 Å². The average molecular weight is 391 g/mol. The number of rotatable bonds is 2. The molecule has 0 heterocycles. The summed E-state index contributed by atoms with van der Waals surface area (Å²) in [4.78, 5) is 24.7. The van der Waals surface area contributed by atoms with Crippen molar-refractivity contribution in [2.75, 3.05) is 6.61 Å². The first kappa shape index (κ1) is 20.2. The zero-order chi connectivity index (χ0) is 20.6. The fourth-order valence-corrected chi connectivity index (χ4v) is 8.17. The molecule has 0 spiro atoms. The number of carbonyl (C=O) groups excluding carboxylic acids is 2. The number of aliphatic hydroxyl groups excluding tert-OH is 2. The van der Waals surface area contributed by atoms with Crippen LogP contribution in [0.3, 0.4) is 0 Å². The molecule has 5 heteroatoms. The Hall–Kier alpha value is -1.04. The highest BCUT2D eigenvalue weighted by atomic mass is 16.3. The molecule has 3 N–H and O–H groups in total. The van der Waals surface area contributed by atoms with Crippen molar-refractivity contribution in [2.24, 2.45) is 40.4 Å². The number of fused-ring (bicyclic) bond motifs is 5. The number of carbonyl (C=O) groups is 2. The van der Waals surface area contributed by atoms with E-state index in [0.717, 1.165) is 19.3 Å². The van der Waals surface area contributed by atoms with E-state index >= 15 is 0 Å². The molecule has 4 unspecified atom stereocenters. The topological polar surface area (TPSA) is 94.8 Å². The molecule has 4 aliphatic carbocycles. The molecule has 4 aliphatic rings. The van der Waals surface area contributed by atoms with Crippen LogP contribution < -0.4 is 0 Å². The highest BCUT2D eigenvalue weighted by Crippen LogP contribution is 2.69. The van der Waals surface area contributed by atoms with Gasteiger partial charge in [-0.3, -0.25) is 9.59 Å². The normalized spacial score (nSPS) is 53.1. The summed E-state index contributed by atoms with van der Waals surface area (Å²) in [5.41, 5.74) is -1.36. The van der Waals surface area contributed by atoms with Crippen molar-refractivity contribution in [1.29, 1.82) is 0 Å². The minimum Gasteiger partial charge on any atom is -0.393 e. The Balaban J connectivity index is 1.80. The summed E-state index contributed by atoms with van der Waals surface area (Å²) in [5.74, 6) is 0.0281. The Morgan fingerprint density at radius 1 is 1.25 bits per heavy atom. The quantitative estimate of drug-likeness (QED) is 0.672. The van der Waals surface area contributed by atoms with Crippen molar-refractivity contribution in [3.8, 4) is 0 Å². The maximum absolute atomic E-state index is 12.6. The van der Waals surface area contributed by atoms with Gasteiger partial charge in [-0.15, -0.1) is 0 Å². The van der Waals surface area contributed by atoms with Gasteiger partial charge in [0.15, 0.2) is 11.6 Å². The molecule has 28 heavy (non-hydrogen) atoms. The minimum absolute atomic E-state index is 0.0416. The van der Waals surface area contributed by atoms with E-state index in [1.807, 2.05) is 19.9 Å². The SMILES string of the molecule is CC1CC2C3C[C@H](C)C4=CC(=O)CC[C@]4(C)[C@H]3C(O)C[C@]2(C)[C@@]1(O)C(=O)CO. The zero-order valence-electron chi connectivity index (χ0n) is 17.4. The first-order valence-corrected chi connectivity index (χ1v) is 10.8. The van der Waals surface area contributed by atoms with Gasteiger partial charge in [-0.05, 0) is 66.8 Å². The van der Waals surface area contributed by atoms with Crippen molar-refractivity contribution >= 4 is 11.6 Å². The Morgan fingerprint density at radius 3 is 2.57 bits per heavy atom. The molecule has 0 aromatic rings. The summed E-state index contributed by atoms with van der Waals surface area (Å²) in [6.07, 6.45) is 4.43. The molecular weight excluding hydrogens is 356 g/mol. The van der Waals surface area contributed by atoms with Crippen LogP contribution in [0.15, 0.2) is 11.6 Å². The fourth-order valence-electron chi connectivity index (χ4n) is 8.17. The van der Waals surface area contributed by atoms with Crippen LogP contribution in [-0.2, 0) is 9.59 Å². The molecule has 0 aromatic carbocycles. The lowest BCUT2D eigenvalue weighted by Crippen LogP contribution is -2.63. The number of allylic oxidation sites excluding steroid dienone is 1. The monoisotopic (exact) mass is 390 g/mol. The van der Waals surface area contributed by atoms with Crippen LogP contribution in [0.5, 0.6) is 0 Å². The van der Waals surface area contributed by atoms with E-state index in [2.05, 4.69) is 13.8 Å². The summed E-state index contributed by atoms with van der Waals surface area (Å²) >= 11 is 0. The van der Waals surface area contributed by atoms with Crippen molar-refractivity contribution in [1.82, 2.24) is 0 Å². The maximum Gasteiger partial charge on any atom is 0.190 e. The summed E-state index contributed by atoms with van der Waals surface area (Å²) in [7, 11) is 0. The third-order valence-corrected chi connectivity index (χ3v) is 9.36. The van der Waals surface area contributed by atoms with Crippen molar-refractivity contribution in [3.05, 3.63) is 11.6 Å². The molecule has 156 valence electrons. The lowest BCUT2D eigenvalue weighted by Gasteiger charge is -2.61.